The lowest BCUT2D eigenvalue weighted by atomic mass is 10.1. The summed E-state index contributed by atoms with van der Waals surface area (Å²) in [6.07, 6.45) is -3.12. The van der Waals surface area contributed by atoms with Crippen molar-refractivity contribution in [3.8, 4) is 17.1 Å². The van der Waals surface area contributed by atoms with Gasteiger partial charge in [0.15, 0.2) is 5.82 Å². The molecule has 1 aromatic heterocycles. The number of nitrogens with one attached hydrogen (secondary N) is 1. The lowest BCUT2D eigenvalue weighted by Crippen LogP contribution is -2.38. The van der Waals surface area contributed by atoms with Crippen molar-refractivity contribution in [3.63, 3.8) is 0 Å². The highest BCUT2D eigenvalue weighted by atomic mass is 19.3. The van der Waals surface area contributed by atoms with Gasteiger partial charge in [-0.15, -0.1) is 0 Å². The van der Waals surface area contributed by atoms with Gasteiger partial charge in [-0.2, -0.15) is 0 Å². The molecule has 3 N–H and O–H groups in total. The van der Waals surface area contributed by atoms with E-state index in [9.17, 15) is 18.4 Å². The van der Waals surface area contributed by atoms with Crippen LogP contribution < -0.4 is 20.7 Å². The SMILES string of the molecule is CO[C@H](Nc1ccc2c(c1)OCCn1cc(N3C(=O)OCC3C(F)F)nc1-2)C(N)=O. The molecular weight excluding hydrogens is 404 g/mol. The van der Waals surface area contributed by atoms with E-state index >= 15 is 0 Å². The smallest absolute Gasteiger partial charge is 0.416 e. The van der Waals surface area contributed by atoms with Gasteiger partial charge in [-0.25, -0.2) is 23.5 Å². The Bertz CT molecular complexity index is 982. The number of amides is 2. The van der Waals surface area contributed by atoms with Gasteiger partial charge in [0.05, 0.1) is 12.1 Å². The number of halogens is 2. The highest BCUT2D eigenvalue weighted by Crippen LogP contribution is 2.36. The number of methoxy groups -OCH3 is 1. The van der Waals surface area contributed by atoms with E-state index in [1.807, 2.05) is 0 Å². The largest absolute Gasteiger partial charge is 0.491 e. The number of hydrogen-bond donors (Lipinski definition) is 2. The number of aromatic nitrogens is 2. The highest BCUT2D eigenvalue weighted by Gasteiger charge is 2.42. The van der Waals surface area contributed by atoms with Crippen LogP contribution in [0, 0.1) is 0 Å². The molecule has 30 heavy (non-hydrogen) atoms. The zero-order valence-electron chi connectivity index (χ0n) is 15.9. The summed E-state index contributed by atoms with van der Waals surface area (Å²) in [5, 5.41) is 2.84. The summed E-state index contributed by atoms with van der Waals surface area (Å²) in [4.78, 5) is 28.6. The molecule has 3 heterocycles. The Morgan fingerprint density at radius 2 is 2.20 bits per heavy atom. The van der Waals surface area contributed by atoms with Crippen molar-refractivity contribution < 1.29 is 32.6 Å². The van der Waals surface area contributed by atoms with Crippen molar-refractivity contribution in [2.75, 3.05) is 30.5 Å². The van der Waals surface area contributed by atoms with Gasteiger partial charge in [-0.05, 0) is 12.1 Å². The van der Waals surface area contributed by atoms with Crippen LogP contribution in [0.2, 0.25) is 0 Å². The second-order valence-corrected chi connectivity index (χ2v) is 6.69. The average molecular weight is 423 g/mol. The number of carbonyl (C=O) groups excluding carboxylic acids is 2. The predicted molar refractivity (Wildman–Crippen MR) is 100 cm³/mol. The molecule has 2 aliphatic rings. The molecule has 0 saturated carbocycles. The Balaban J connectivity index is 1.67. The number of anilines is 2. The summed E-state index contributed by atoms with van der Waals surface area (Å²) in [5.41, 5.74) is 6.38. The molecule has 1 aromatic carbocycles. The van der Waals surface area contributed by atoms with Gasteiger partial charge in [0.25, 0.3) is 12.3 Å². The first-order chi connectivity index (χ1) is 14.4. The number of imidazole rings is 1. The minimum absolute atomic E-state index is 0.0843. The summed E-state index contributed by atoms with van der Waals surface area (Å²) in [6, 6.07) is 3.64. The predicted octanol–water partition coefficient (Wildman–Crippen LogP) is 1.40. The fraction of sp³-hybridized carbons (Fsp3) is 0.389. The minimum Gasteiger partial charge on any atom is -0.491 e. The number of nitrogens with zero attached hydrogens (tertiary/aromatic N) is 3. The van der Waals surface area contributed by atoms with E-state index in [4.69, 9.17) is 19.9 Å². The molecule has 2 atom stereocenters. The molecule has 1 fully saturated rings. The Kier molecular flexibility index (Phi) is 5.16. The maximum Gasteiger partial charge on any atom is 0.416 e. The van der Waals surface area contributed by atoms with Crippen LogP contribution in [0.4, 0.5) is 25.1 Å². The zero-order chi connectivity index (χ0) is 21.4. The number of benzene rings is 1. The molecule has 2 aliphatic heterocycles. The van der Waals surface area contributed by atoms with Crippen LogP contribution >= 0.6 is 0 Å². The zero-order valence-corrected chi connectivity index (χ0v) is 15.9. The number of cyclic esters (lactones) is 1. The molecule has 1 unspecified atom stereocenters. The van der Waals surface area contributed by atoms with Crippen LogP contribution in [0.15, 0.2) is 24.4 Å². The molecule has 4 rings (SSSR count). The molecule has 0 spiro atoms. The van der Waals surface area contributed by atoms with Crippen LogP contribution in [0.5, 0.6) is 5.75 Å². The molecule has 0 radical (unpaired) electrons. The van der Waals surface area contributed by atoms with E-state index in [1.54, 1.807) is 22.8 Å². The van der Waals surface area contributed by atoms with Gasteiger partial charge in [-0.3, -0.25) is 4.79 Å². The van der Waals surface area contributed by atoms with Gasteiger partial charge in [0.1, 0.15) is 30.8 Å². The van der Waals surface area contributed by atoms with Crippen LogP contribution in [0.3, 0.4) is 0 Å². The molecule has 2 aromatic rings. The molecule has 0 bridgehead atoms. The summed E-state index contributed by atoms with van der Waals surface area (Å²) >= 11 is 0. The van der Waals surface area contributed by atoms with Crippen molar-refractivity contribution in [2.24, 2.45) is 5.73 Å². The lowest BCUT2D eigenvalue weighted by molar-refractivity contribution is -0.126. The highest BCUT2D eigenvalue weighted by molar-refractivity contribution is 5.90. The van der Waals surface area contributed by atoms with Crippen LogP contribution in [-0.2, 0) is 20.8 Å². The summed E-state index contributed by atoms with van der Waals surface area (Å²) in [5.74, 6) is 0.320. The molecular formula is C18H19F2N5O5. The van der Waals surface area contributed by atoms with Gasteiger partial charge in [-0.1, -0.05) is 0 Å². The maximum absolute atomic E-state index is 13.3. The number of ether oxygens (including phenoxy) is 3. The Morgan fingerprint density at radius 3 is 2.90 bits per heavy atom. The minimum atomic E-state index is -2.76. The van der Waals surface area contributed by atoms with Gasteiger partial charge in [0, 0.05) is 25.1 Å². The third kappa shape index (κ3) is 3.49. The third-order valence-corrected chi connectivity index (χ3v) is 4.81. The van der Waals surface area contributed by atoms with E-state index in [0.29, 0.717) is 29.4 Å². The van der Waals surface area contributed by atoms with E-state index in [2.05, 4.69) is 10.3 Å². The summed E-state index contributed by atoms with van der Waals surface area (Å²) in [6.45, 7) is 0.281. The fourth-order valence-corrected chi connectivity index (χ4v) is 3.36. The number of fused-ring (bicyclic) bond motifs is 3. The summed E-state index contributed by atoms with van der Waals surface area (Å²) in [7, 11) is 1.34. The van der Waals surface area contributed by atoms with E-state index in [0.717, 1.165) is 4.90 Å². The summed E-state index contributed by atoms with van der Waals surface area (Å²) < 4.78 is 43.8. The quantitative estimate of drug-likeness (QED) is 0.674. The Labute approximate surface area is 169 Å². The van der Waals surface area contributed by atoms with Crippen LogP contribution in [0.1, 0.15) is 0 Å². The van der Waals surface area contributed by atoms with Crippen molar-refractivity contribution >= 4 is 23.5 Å². The standard InChI is InChI=1S/C18H19F2N5O5/c1-28-17(15(21)26)22-9-2-3-10-12(6-9)29-5-4-24-7-13(23-16(10)24)25-11(14(19)20)8-30-18(25)27/h2-3,6-7,11,14,17,22H,4-5,8H2,1H3,(H2,21,26)/t11?,17-/m0/s1. The van der Waals surface area contributed by atoms with Crippen molar-refractivity contribution in [3.05, 3.63) is 24.4 Å². The maximum atomic E-state index is 13.3. The van der Waals surface area contributed by atoms with Crippen LogP contribution in [0.25, 0.3) is 11.4 Å². The monoisotopic (exact) mass is 423 g/mol. The molecule has 160 valence electrons. The van der Waals surface area contributed by atoms with Crippen molar-refractivity contribution in [1.29, 1.82) is 0 Å². The third-order valence-electron chi connectivity index (χ3n) is 4.81. The lowest BCUT2D eigenvalue weighted by Gasteiger charge is -2.18. The average Bonchev–Trinajstić information content (AvgIpc) is 3.25. The Morgan fingerprint density at radius 1 is 1.40 bits per heavy atom. The fourth-order valence-electron chi connectivity index (χ4n) is 3.36. The number of rotatable bonds is 6. The van der Waals surface area contributed by atoms with E-state index in [1.165, 1.54) is 13.3 Å². The second-order valence-electron chi connectivity index (χ2n) is 6.69. The molecule has 0 aliphatic carbocycles. The van der Waals surface area contributed by atoms with Gasteiger partial charge in [0.2, 0.25) is 6.23 Å². The molecule has 10 nitrogen and oxygen atoms in total. The first kappa shape index (κ1) is 19.9. The first-order valence-corrected chi connectivity index (χ1v) is 9.06. The van der Waals surface area contributed by atoms with Gasteiger partial charge < -0.3 is 29.8 Å². The first-order valence-electron chi connectivity index (χ1n) is 9.06. The normalized spacial score (nSPS) is 18.9. The van der Waals surface area contributed by atoms with E-state index < -0.39 is 37.3 Å². The number of primary amides is 1. The number of hydrogen-bond acceptors (Lipinski definition) is 7. The number of nitrogens with two attached hydrogens (primary N) is 1. The van der Waals surface area contributed by atoms with Gasteiger partial charge >= 0.3 is 6.09 Å². The molecule has 12 heteroatoms. The Hall–Kier alpha value is -3.41. The molecule has 1 saturated heterocycles. The number of carbonyl (C=O) groups is 2. The number of alkyl halides is 2. The van der Waals surface area contributed by atoms with Crippen molar-refractivity contribution in [2.45, 2.75) is 25.2 Å². The molecule has 2 amide bonds. The van der Waals surface area contributed by atoms with Crippen molar-refractivity contribution in [1.82, 2.24) is 9.55 Å². The van der Waals surface area contributed by atoms with Crippen LogP contribution in [-0.4, -0.2) is 60.6 Å². The second kappa shape index (κ2) is 7.78. The topological polar surface area (TPSA) is 121 Å². The van der Waals surface area contributed by atoms with E-state index in [-0.39, 0.29) is 12.4 Å².